The van der Waals surface area contributed by atoms with Gasteiger partial charge in [-0.1, -0.05) is 276 Å². The largest absolute Gasteiger partial charge is 0.394 e. The van der Waals surface area contributed by atoms with Crippen molar-refractivity contribution >= 4 is 5.91 Å². The van der Waals surface area contributed by atoms with E-state index in [0.29, 0.717) is 12.8 Å². The fraction of sp³-hybridized carbons (Fsp3) is 0.945. The van der Waals surface area contributed by atoms with Gasteiger partial charge in [-0.3, -0.25) is 4.79 Å². The lowest BCUT2D eigenvalue weighted by atomic mass is 9.99. The molecule has 358 valence electrons. The second-order valence-corrected chi connectivity index (χ2v) is 19.1. The van der Waals surface area contributed by atoms with Gasteiger partial charge in [0.05, 0.1) is 18.8 Å². The first-order chi connectivity index (χ1) is 29.6. The van der Waals surface area contributed by atoms with Crippen LogP contribution < -0.4 is 5.32 Å². The summed E-state index contributed by atoms with van der Waals surface area (Å²) >= 11 is 0. The summed E-state index contributed by atoms with van der Waals surface area (Å²) in [4.78, 5) is 12.5. The van der Waals surface area contributed by atoms with Gasteiger partial charge in [0.15, 0.2) is 0 Å². The number of aliphatic hydroxyl groups is 3. The van der Waals surface area contributed by atoms with Crippen LogP contribution in [0.15, 0.2) is 12.2 Å². The van der Waals surface area contributed by atoms with Gasteiger partial charge >= 0.3 is 0 Å². The molecule has 1 amide bonds. The maximum atomic E-state index is 12.5. The normalized spacial score (nSPS) is 13.3. The zero-order valence-electron chi connectivity index (χ0n) is 40.9. The predicted molar refractivity (Wildman–Crippen MR) is 264 cm³/mol. The van der Waals surface area contributed by atoms with E-state index in [1.165, 1.54) is 250 Å². The van der Waals surface area contributed by atoms with Crippen molar-refractivity contribution < 1.29 is 20.1 Å². The van der Waals surface area contributed by atoms with Crippen LogP contribution in [0.1, 0.15) is 309 Å². The summed E-state index contributed by atoms with van der Waals surface area (Å²) in [6, 6.07) is -0.808. The van der Waals surface area contributed by atoms with Crippen LogP contribution >= 0.6 is 0 Å². The average Bonchev–Trinajstić information content (AvgIpc) is 3.25. The molecule has 0 aromatic heterocycles. The van der Waals surface area contributed by atoms with Gasteiger partial charge in [-0.25, -0.2) is 0 Å². The summed E-state index contributed by atoms with van der Waals surface area (Å²) in [5.41, 5.74) is 0. The lowest BCUT2D eigenvalue weighted by Crippen LogP contribution is -2.50. The predicted octanol–water partition coefficient (Wildman–Crippen LogP) is 16.7. The molecule has 0 bridgehead atoms. The Balaban J connectivity index is 3.53. The summed E-state index contributed by atoms with van der Waals surface area (Å²) in [6.45, 7) is 4.22. The Bertz CT molecular complexity index is 848. The molecule has 0 saturated carbocycles. The van der Waals surface area contributed by atoms with Crippen molar-refractivity contribution in [2.75, 3.05) is 6.61 Å². The van der Waals surface area contributed by atoms with Crippen LogP contribution in [0.25, 0.3) is 0 Å². The van der Waals surface area contributed by atoms with Crippen LogP contribution in [0.2, 0.25) is 0 Å². The molecule has 0 heterocycles. The lowest BCUT2D eigenvalue weighted by Gasteiger charge is -2.26. The molecule has 0 aromatic rings. The Hall–Kier alpha value is -0.910. The molecule has 0 spiro atoms. The standard InChI is InChI=1S/C55H109NO4/c1-3-5-7-9-11-13-15-17-19-21-23-25-26-27-28-30-32-34-36-38-40-42-44-46-48-50-54(59)56-52(51-57)55(60)53(58)49-47-45-43-41-39-37-35-33-31-29-24-22-20-18-16-14-12-10-8-6-4-2/h27-28,52-53,55,57-58,60H,3-26,29-51H2,1-2H3,(H,56,59)/b28-27-. The second-order valence-electron chi connectivity index (χ2n) is 19.1. The summed E-state index contributed by atoms with van der Waals surface area (Å²) in [7, 11) is 0. The van der Waals surface area contributed by atoms with Crippen LogP contribution in [0, 0.1) is 0 Å². The van der Waals surface area contributed by atoms with Gasteiger partial charge in [0.1, 0.15) is 6.10 Å². The Morgan fingerprint density at radius 2 is 0.667 bits per heavy atom. The summed E-state index contributed by atoms with van der Waals surface area (Å²) in [5, 5.41) is 33.8. The van der Waals surface area contributed by atoms with Gasteiger partial charge in [-0.2, -0.15) is 0 Å². The third kappa shape index (κ3) is 45.1. The molecule has 5 heteroatoms. The van der Waals surface area contributed by atoms with E-state index < -0.39 is 18.2 Å². The Morgan fingerprint density at radius 1 is 0.400 bits per heavy atom. The van der Waals surface area contributed by atoms with Crippen molar-refractivity contribution in [2.45, 2.75) is 327 Å². The minimum Gasteiger partial charge on any atom is -0.394 e. The average molecular weight is 848 g/mol. The maximum Gasteiger partial charge on any atom is 0.220 e. The third-order valence-corrected chi connectivity index (χ3v) is 13.1. The first-order valence-electron chi connectivity index (χ1n) is 27.5. The molecule has 0 fully saturated rings. The molecule has 5 nitrogen and oxygen atoms in total. The van der Waals surface area contributed by atoms with Crippen molar-refractivity contribution in [1.82, 2.24) is 5.32 Å². The smallest absolute Gasteiger partial charge is 0.220 e. The quantitative estimate of drug-likeness (QED) is 0.0363. The molecule has 0 aliphatic heterocycles. The summed E-state index contributed by atoms with van der Waals surface area (Å²) in [6.07, 6.45) is 62.1. The molecule has 0 aliphatic carbocycles. The molecule has 0 aliphatic rings. The van der Waals surface area contributed by atoms with Crippen LogP contribution in [-0.4, -0.2) is 46.1 Å². The van der Waals surface area contributed by atoms with E-state index in [2.05, 4.69) is 31.3 Å². The first-order valence-corrected chi connectivity index (χ1v) is 27.5. The highest BCUT2D eigenvalue weighted by molar-refractivity contribution is 5.76. The molecule has 4 N–H and O–H groups in total. The fourth-order valence-corrected chi connectivity index (χ4v) is 8.87. The fourth-order valence-electron chi connectivity index (χ4n) is 8.87. The van der Waals surface area contributed by atoms with Gasteiger partial charge in [0.2, 0.25) is 5.91 Å². The van der Waals surface area contributed by atoms with Crippen LogP contribution in [0.5, 0.6) is 0 Å². The van der Waals surface area contributed by atoms with Crippen molar-refractivity contribution in [3.8, 4) is 0 Å². The van der Waals surface area contributed by atoms with E-state index in [1.807, 2.05) is 0 Å². The number of nitrogens with one attached hydrogen (secondary N) is 1. The molecule has 60 heavy (non-hydrogen) atoms. The monoisotopic (exact) mass is 848 g/mol. The SMILES string of the molecule is CCCCCCCCCCCCCC/C=C\CCCCCCCCCCCC(=O)NC(CO)C(O)C(O)CCCCCCCCCCCCCCCCCCCCCCC. The van der Waals surface area contributed by atoms with E-state index in [4.69, 9.17) is 0 Å². The van der Waals surface area contributed by atoms with Gasteiger partial charge in [-0.15, -0.1) is 0 Å². The van der Waals surface area contributed by atoms with Crippen molar-refractivity contribution in [2.24, 2.45) is 0 Å². The minimum absolute atomic E-state index is 0.141. The molecular weight excluding hydrogens is 739 g/mol. The van der Waals surface area contributed by atoms with E-state index in [1.54, 1.807) is 0 Å². The number of unbranched alkanes of at least 4 members (excludes halogenated alkanes) is 41. The molecule has 0 radical (unpaired) electrons. The lowest BCUT2D eigenvalue weighted by molar-refractivity contribution is -0.124. The zero-order chi connectivity index (χ0) is 43.7. The van der Waals surface area contributed by atoms with E-state index in [0.717, 1.165) is 32.1 Å². The van der Waals surface area contributed by atoms with Crippen molar-refractivity contribution in [3.05, 3.63) is 12.2 Å². The molecule has 0 saturated heterocycles. The Labute approximate surface area is 376 Å². The maximum absolute atomic E-state index is 12.5. The third-order valence-electron chi connectivity index (χ3n) is 13.1. The van der Waals surface area contributed by atoms with Gasteiger partial charge in [0, 0.05) is 6.42 Å². The number of hydrogen-bond acceptors (Lipinski definition) is 4. The molecule has 3 atom stereocenters. The molecule has 0 rings (SSSR count). The second kappa shape index (κ2) is 50.7. The number of carbonyl (C=O) groups is 1. The van der Waals surface area contributed by atoms with Crippen LogP contribution in [0.4, 0.5) is 0 Å². The number of carbonyl (C=O) groups excluding carboxylic acids is 1. The van der Waals surface area contributed by atoms with Crippen LogP contribution in [0.3, 0.4) is 0 Å². The highest BCUT2D eigenvalue weighted by atomic mass is 16.3. The first kappa shape index (κ1) is 59.1. The highest BCUT2D eigenvalue weighted by Crippen LogP contribution is 2.18. The van der Waals surface area contributed by atoms with Gasteiger partial charge in [0.25, 0.3) is 0 Å². The van der Waals surface area contributed by atoms with E-state index >= 15 is 0 Å². The molecular formula is C55H109NO4. The van der Waals surface area contributed by atoms with Crippen LogP contribution in [-0.2, 0) is 4.79 Å². The van der Waals surface area contributed by atoms with Crippen molar-refractivity contribution in [1.29, 1.82) is 0 Å². The molecule has 0 aromatic carbocycles. The molecule has 3 unspecified atom stereocenters. The van der Waals surface area contributed by atoms with Crippen molar-refractivity contribution in [3.63, 3.8) is 0 Å². The van der Waals surface area contributed by atoms with Gasteiger partial charge in [-0.05, 0) is 38.5 Å². The number of rotatable bonds is 51. The zero-order valence-corrected chi connectivity index (χ0v) is 40.9. The number of allylic oxidation sites excluding steroid dienone is 2. The number of amides is 1. The van der Waals surface area contributed by atoms with Gasteiger partial charge < -0.3 is 20.6 Å². The summed E-state index contributed by atoms with van der Waals surface area (Å²) < 4.78 is 0. The Kier molecular flexibility index (Phi) is 50.0. The van der Waals surface area contributed by atoms with E-state index in [-0.39, 0.29) is 12.5 Å². The Morgan fingerprint density at radius 3 is 0.967 bits per heavy atom. The number of aliphatic hydroxyl groups excluding tert-OH is 3. The van der Waals surface area contributed by atoms with E-state index in [9.17, 15) is 20.1 Å². The minimum atomic E-state index is -1.14. The number of hydrogen-bond donors (Lipinski definition) is 4. The topological polar surface area (TPSA) is 89.8 Å². The summed E-state index contributed by atoms with van der Waals surface area (Å²) in [5.74, 6) is -0.141. The highest BCUT2D eigenvalue weighted by Gasteiger charge is 2.26.